The van der Waals surface area contributed by atoms with E-state index in [2.05, 4.69) is 63.2 Å². The number of guanidine groups is 1. The third-order valence-corrected chi connectivity index (χ3v) is 7.96. The molecule has 0 spiro atoms. The van der Waals surface area contributed by atoms with Crippen molar-refractivity contribution >= 4 is 29.1 Å². The van der Waals surface area contributed by atoms with E-state index in [4.69, 9.17) is 0 Å². The largest absolute Gasteiger partial charge is 0.356 e. The molecule has 4 nitrogen and oxygen atoms in total. The van der Waals surface area contributed by atoms with E-state index in [0.717, 1.165) is 49.2 Å². The molecule has 1 aromatic rings. The minimum Gasteiger partial charge on any atom is -0.356 e. The smallest absolute Gasteiger partial charge is 0.193 e. The van der Waals surface area contributed by atoms with Crippen molar-refractivity contribution in [3.63, 3.8) is 0 Å². The maximum absolute atomic E-state index is 4.57. The van der Waals surface area contributed by atoms with Gasteiger partial charge in [0.15, 0.2) is 5.96 Å². The number of hydrogen-bond donors (Lipinski definition) is 1. The molecule has 1 N–H and O–H groups in total. The van der Waals surface area contributed by atoms with Gasteiger partial charge in [0.25, 0.3) is 0 Å². The Bertz CT molecular complexity index is 550. The minimum atomic E-state index is 0.725. The minimum absolute atomic E-state index is 0.725. The molecular formula is C20H34N4S2. The number of aliphatic imine (C=N–C) groups is 1. The highest BCUT2D eigenvalue weighted by Gasteiger charge is 2.26. The van der Waals surface area contributed by atoms with Gasteiger partial charge in [0.1, 0.15) is 0 Å². The van der Waals surface area contributed by atoms with Crippen LogP contribution in [0.3, 0.4) is 0 Å². The molecule has 2 fully saturated rings. The molecule has 2 aliphatic rings. The molecule has 3 rings (SSSR count). The van der Waals surface area contributed by atoms with Crippen LogP contribution in [0.2, 0.25) is 0 Å². The van der Waals surface area contributed by atoms with E-state index in [9.17, 15) is 0 Å². The second-order valence-corrected chi connectivity index (χ2v) is 10.2. The summed E-state index contributed by atoms with van der Waals surface area (Å²) in [6.07, 6.45) is 2.58. The van der Waals surface area contributed by atoms with Gasteiger partial charge in [0.05, 0.1) is 0 Å². The van der Waals surface area contributed by atoms with E-state index in [0.29, 0.717) is 0 Å². The van der Waals surface area contributed by atoms with Crippen LogP contribution in [0.5, 0.6) is 0 Å². The average Bonchev–Trinajstić information content (AvgIpc) is 3.17. The van der Waals surface area contributed by atoms with Crippen LogP contribution in [0.15, 0.2) is 22.5 Å². The van der Waals surface area contributed by atoms with E-state index in [1.165, 1.54) is 36.6 Å². The number of hydrogen-bond acceptors (Lipinski definition) is 4. The Morgan fingerprint density at radius 2 is 2.12 bits per heavy atom. The number of rotatable bonds is 5. The Hall–Kier alpha value is -0.720. The fraction of sp³-hybridized carbons (Fsp3) is 0.750. The van der Waals surface area contributed by atoms with E-state index in [-0.39, 0.29) is 0 Å². The van der Waals surface area contributed by atoms with Crippen LogP contribution >= 0.6 is 23.1 Å². The van der Waals surface area contributed by atoms with Gasteiger partial charge in [-0.3, -0.25) is 9.89 Å². The SMILES string of the molecule is CN=C(NCC1CCN(Cc2cccs2)CC1)N1CCSC(C(C)C)C1. The Morgan fingerprint density at radius 1 is 1.31 bits per heavy atom. The van der Waals surface area contributed by atoms with Crippen LogP contribution in [0, 0.1) is 11.8 Å². The lowest BCUT2D eigenvalue weighted by Gasteiger charge is -2.37. The molecule has 1 atom stereocenters. The molecular weight excluding hydrogens is 360 g/mol. The molecule has 1 aromatic heterocycles. The van der Waals surface area contributed by atoms with Crippen molar-refractivity contribution in [3.8, 4) is 0 Å². The molecule has 0 saturated carbocycles. The number of nitrogens with one attached hydrogen (secondary N) is 1. The third kappa shape index (κ3) is 5.64. The molecule has 0 radical (unpaired) electrons. The van der Waals surface area contributed by atoms with Crippen molar-refractivity contribution < 1.29 is 0 Å². The van der Waals surface area contributed by atoms with Crippen LogP contribution in [-0.2, 0) is 6.54 Å². The first-order chi connectivity index (χ1) is 12.7. The molecule has 0 aliphatic carbocycles. The zero-order chi connectivity index (χ0) is 18.4. The van der Waals surface area contributed by atoms with Gasteiger partial charge in [0, 0.05) is 49.1 Å². The van der Waals surface area contributed by atoms with Crippen LogP contribution in [-0.4, -0.2) is 66.5 Å². The predicted molar refractivity (Wildman–Crippen MR) is 116 cm³/mol. The van der Waals surface area contributed by atoms with Crippen LogP contribution < -0.4 is 5.32 Å². The van der Waals surface area contributed by atoms with Crippen LogP contribution in [0.4, 0.5) is 0 Å². The standard InChI is InChI=1S/C20H34N4S2/c1-16(2)19-15-24(10-12-26-19)20(21-3)22-13-17-6-8-23(9-7-17)14-18-5-4-11-25-18/h4-5,11,16-17,19H,6-10,12-15H2,1-3H3,(H,21,22). The van der Waals surface area contributed by atoms with Crippen molar-refractivity contribution in [1.82, 2.24) is 15.1 Å². The molecule has 146 valence electrons. The first-order valence-electron chi connectivity index (χ1n) is 9.97. The van der Waals surface area contributed by atoms with Crippen molar-refractivity contribution in [3.05, 3.63) is 22.4 Å². The number of nitrogens with zero attached hydrogens (tertiary/aromatic N) is 3. The first kappa shape index (κ1) is 20.0. The Kier molecular flexibility index (Phi) is 7.70. The van der Waals surface area contributed by atoms with Gasteiger partial charge in [-0.2, -0.15) is 11.8 Å². The lowest BCUT2D eigenvalue weighted by molar-refractivity contribution is 0.179. The van der Waals surface area contributed by atoms with Crippen molar-refractivity contribution in [2.75, 3.05) is 45.5 Å². The zero-order valence-electron chi connectivity index (χ0n) is 16.5. The Balaban J connectivity index is 1.40. The van der Waals surface area contributed by atoms with Crippen LogP contribution in [0.1, 0.15) is 31.6 Å². The Labute approximate surface area is 167 Å². The molecule has 6 heteroatoms. The average molecular weight is 395 g/mol. The van der Waals surface area contributed by atoms with Gasteiger partial charge < -0.3 is 10.2 Å². The topological polar surface area (TPSA) is 30.9 Å². The molecule has 1 unspecified atom stereocenters. The summed E-state index contributed by atoms with van der Waals surface area (Å²) in [5.41, 5.74) is 0. The monoisotopic (exact) mass is 394 g/mol. The highest BCUT2D eigenvalue weighted by atomic mass is 32.2. The summed E-state index contributed by atoms with van der Waals surface area (Å²) in [6.45, 7) is 11.5. The molecule has 2 saturated heterocycles. The van der Waals surface area contributed by atoms with Crippen molar-refractivity contribution in [1.29, 1.82) is 0 Å². The van der Waals surface area contributed by atoms with Gasteiger partial charge in [-0.15, -0.1) is 11.3 Å². The molecule has 0 bridgehead atoms. The number of thiophene rings is 1. The molecule has 26 heavy (non-hydrogen) atoms. The highest BCUT2D eigenvalue weighted by Crippen LogP contribution is 2.25. The summed E-state index contributed by atoms with van der Waals surface area (Å²) in [5.74, 6) is 3.82. The maximum atomic E-state index is 4.57. The zero-order valence-corrected chi connectivity index (χ0v) is 18.1. The Morgan fingerprint density at radius 3 is 2.77 bits per heavy atom. The van der Waals surface area contributed by atoms with E-state index in [1.807, 2.05) is 18.4 Å². The van der Waals surface area contributed by atoms with Crippen molar-refractivity contribution in [2.45, 2.75) is 38.5 Å². The predicted octanol–water partition coefficient (Wildman–Crippen LogP) is 3.61. The number of thioether (sulfide) groups is 1. The van der Waals surface area contributed by atoms with E-state index >= 15 is 0 Å². The second kappa shape index (κ2) is 10.00. The highest BCUT2D eigenvalue weighted by molar-refractivity contribution is 8.00. The maximum Gasteiger partial charge on any atom is 0.193 e. The lowest BCUT2D eigenvalue weighted by atomic mass is 9.97. The number of piperidine rings is 1. The molecule has 3 heterocycles. The molecule has 0 aromatic carbocycles. The quantitative estimate of drug-likeness (QED) is 0.610. The first-order valence-corrected chi connectivity index (χ1v) is 11.9. The number of likely N-dealkylation sites (tertiary alicyclic amines) is 1. The summed E-state index contributed by atoms with van der Waals surface area (Å²) in [7, 11) is 1.93. The summed E-state index contributed by atoms with van der Waals surface area (Å²) >= 11 is 4.00. The normalized spacial score (nSPS) is 23.6. The fourth-order valence-corrected chi connectivity index (χ4v) is 5.86. The summed E-state index contributed by atoms with van der Waals surface area (Å²) in [4.78, 5) is 11.1. The fourth-order valence-electron chi connectivity index (χ4n) is 3.81. The second-order valence-electron chi connectivity index (χ2n) is 7.83. The van der Waals surface area contributed by atoms with Crippen LogP contribution in [0.25, 0.3) is 0 Å². The van der Waals surface area contributed by atoms with Gasteiger partial charge in [-0.05, 0) is 49.2 Å². The van der Waals surface area contributed by atoms with Gasteiger partial charge >= 0.3 is 0 Å². The summed E-state index contributed by atoms with van der Waals surface area (Å²) < 4.78 is 0. The van der Waals surface area contributed by atoms with Gasteiger partial charge in [-0.25, -0.2) is 0 Å². The van der Waals surface area contributed by atoms with Gasteiger partial charge in [0.2, 0.25) is 0 Å². The van der Waals surface area contributed by atoms with Crippen molar-refractivity contribution in [2.24, 2.45) is 16.8 Å². The van der Waals surface area contributed by atoms with Gasteiger partial charge in [-0.1, -0.05) is 19.9 Å². The summed E-state index contributed by atoms with van der Waals surface area (Å²) in [5, 5.41) is 6.58. The third-order valence-electron chi connectivity index (χ3n) is 5.56. The van der Waals surface area contributed by atoms with E-state index in [1.54, 1.807) is 0 Å². The van der Waals surface area contributed by atoms with E-state index < -0.39 is 0 Å². The lowest BCUT2D eigenvalue weighted by Crippen LogP contribution is -2.50. The summed E-state index contributed by atoms with van der Waals surface area (Å²) in [6, 6.07) is 4.41. The molecule has 2 aliphatic heterocycles. The molecule has 0 amide bonds.